The highest BCUT2D eigenvalue weighted by molar-refractivity contribution is 8.00. The van der Waals surface area contributed by atoms with Crippen LogP contribution < -0.4 is 10.1 Å². The van der Waals surface area contributed by atoms with Gasteiger partial charge in [-0.25, -0.2) is 0 Å². The summed E-state index contributed by atoms with van der Waals surface area (Å²) in [6.07, 6.45) is 0.868. The van der Waals surface area contributed by atoms with E-state index in [2.05, 4.69) is 18.3 Å². The highest BCUT2D eigenvalue weighted by Crippen LogP contribution is 2.39. The first-order chi connectivity index (χ1) is 8.22. The molecular weight excluding hydrogens is 232 g/mol. The van der Waals surface area contributed by atoms with E-state index in [1.807, 2.05) is 36.0 Å². The van der Waals surface area contributed by atoms with Gasteiger partial charge in [-0.2, -0.15) is 17.0 Å². The summed E-state index contributed by atoms with van der Waals surface area (Å²) in [7, 11) is 1.65. The predicted octanol–water partition coefficient (Wildman–Crippen LogP) is 2.89. The molecule has 4 heteroatoms. The van der Waals surface area contributed by atoms with E-state index >= 15 is 0 Å². The van der Waals surface area contributed by atoms with Crippen LogP contribution in [0.3, 0.4) is 0 Å². The molecule has 0 amide bonds. The predicted molar refractivity (Wildman–Crippen MR) is 71.5 cm³/mol. The summed E-state index contributed by atoms with van der Waals surface area (Å²) in [5, 5.41) is 13.1. The molecule has 1 aliphatic heterocycles. The van der Waals surface area contributed by atoms with Gasteiger partial charge in [0.2, 0.25) is 0 Å². The molecule has 0 saturated carbocycles. The molecule has 3 nitrogen and oxygen atoms in total. The standard InChI is InChI=1S/C13H16N2OS/c1-10-13(9-14,7-8-17-10)15-11-5-3-4-6-12(11)16-2/h3-6,10,15H,7-8H2,1-2H3. The van der Waals surface area contributed by atoms with Gasteiger partial charge in [0, 0.05) is 5.25 Å². The summed E-state index contributed by atoms with van der Waals surface area (Å²) in [4.78, 5) is 0. The first kappa shape index (κ1) is 12.1. The molecule has 0 bridgehead atoms. The molecule has 0 aromatic heterocycles. The van der Waals surface area contributed by atoms with Crippen molar-refractivity contribution in [3.05, 3.63) is 24.3 Å². The van der Waals surface area contributed by atoms with Crippen molar-refractivity contribution in [1.82, 2.24) is 0 Å². The molecule has 2 atom stereocenters. The van der Waals surface area contributed by atoms with Gasteiger partial charge < -0.3 is 10.1 Å². The SMILES string of the molecule is COc1ccccc1NC1(C#N)CCSC1C. The van der Waals surface area contributed by atoms with Crippen LogP contribution in [0.4, 0.5) is 5.69 Å². The molecule has 0 radical (unpaired) electrons. The maximum absolute atomic E-state index is 9.45. The van der Waals surface area contributed by atoms with Crippen LogP contribution in [0.1, 0.15) is 13.3 Å². The van der Waals surface area contributed by atoms with E-state index in [4.69, 9.17) is 4.74 Å². The third-order valence-electron chi connectivity index (χ3n) is 3.22. The minimum Gasteiger partial charge on any atom is -0.495 e. The van der Waals surface area contributed by atoms with Gasteiger partial charge in [-0.05, 0) is 31.2 Å². The molecule has 1 N–H and O–H groups in total. The van der Waals surface area contributed by atoms with Gasteiger partial charge >= 0.3 is 0 Å². The number of anilines is 1. The van der Waals surface area contributed by atoms with Crippen LogP contribution in [-0.2, 0) is 0 Å². The molecule has 2 unspecified atom stereocenters. The average molecular weight is 248 g/mol. The van der Waals surface area contributed by atoms with Crippen molar-refractivity contribution in [3.63, 3.8) is 0 Å². The summed E-state index contributed by atoms with van der Waals surface area (Å²) < 4.78 is 5.30. The molecule has 1 aromatic carbocycles. The second kappa shape index (κ2) is 4.89. The van der Waals surface area contributed by atoms with E-state index in [0.717, 1.165) is 23.6 Å². The number of nitriles is 1. The molecule has 1 aromatic rings. The highest BCUT2D eigenvalue weighted by atomic mass is 32.2. The van der Waals surface area contributed by atoms with Crippen LogP contribution in [0.2, 0.25) is 0 Å². The molecule has 2 rings (SSSR count). The van der Waals surface area contributed by atoms with Crippen LogP contribution in [0.15, 0.2) is 24.3 Å². The average Bonchev–Trinajstić information content (AvgIpc) is 2.72. The molecule has 1 aliphatic rings. The summed E-state index contributed by atoms with van der Waals surface area (Å²) in [6, 6.07) is 10.2. The van der Waals surface area contributed by atoms with Gasteiger partial charge in [0.15, 0.2) is 0 Å². The summed E-state index contributed by atoms with van der Waals surface area (Å²) in [6.45, 7) is 2.10. The van der Waals surface area contributed by atoms with E-state index in [-0.39, 0.29) is 5.25 Å². The largest absolute Gasteiger partial charge is 0.495 e. The van der Waals surface area contributed by atoms with Crippen molar-refractivity contribution >= 4 is 17.4 Å². The molecule has 1 fully saturated rings. The number of thioether (sulfide) groups is 1. The molecule has 0 aliphatic carbocycles. The van der Waals surface area contributed by atoms with Crippen LogP contribution in [0.5, 0.6) is 5.75 Å². The summed E-state index contributed by atoms with van der Waals surface area (Å²) in [5.41, 5.74) is 0.421. The van der Waals surface area contributed by atoms with Crippen molar-refractivity contribution in [2.75, 3.05) is 18.2 Å². The smallest absolute Gasteiger partial charge is 0.141 e. The molecule has 0 spiro atoms. The maximum Gasteiger partial charge on any atom is 0.141 e. The Hall–Kier alpha value is -1.34. The van der Waals surface area contributed by atoms with Crippen LogP contribution >= 0.6 is 11.8 Å². The number of hydrogen-bond acceptors (Lipinski definition) is 4. The van der Waals surface area contributed by atoms with E-state index in [1.165, 1.54) is 0 Å². The van der Waals surface area contributed by atoms with Gasteiger partial charge in [0.25, 0.3) is 0 Å². The summed E-state index contributed by atoms with van der Waals surface area (Å²) in [5.74, 6) is 1.81. The lowest BCUT2D eigenvalue weighted by molar-refractivity contribution is 0.415. The third kappa shape index (κ3) is 2.20. The Morgan fingerprint density at radius 3 is 2.88 bits per heavy atom. The van der Waals surface area contributed by atoms with Crippen molar-refractivity contribution < 1.29 is 4.74 Å². The number of nitrogens with one attached hydrogen (secondary N) is 1. The number of benzene rings is 1. The quantitative estimate of drug-likeness (QED) is 0.893. The van der Waals surface area contributed by atoms with Crippen LogP contribution in [-0.4, -0.2) is 23.7 Å². The number of ether oxygens (including phenoxy) is 1. The van der Waals surface area contributed by atoms with Gasteiger partial charge in [0.1, 0.15) is 11.3 Å². The van der Waals surface area contributed by atoms with E-state index in [0.29, 0.717) is 0 Å². The first-order valence-electron chi connectivity index (χ1n) is 5.66. The normalized spacial score (nSPS) is 27.5. The second-order valence-electron chi connectivity index (χ2n) is 4.17. The van der Waals surface area contributed by atoms with E-state index in [9.17, 15) is 5.26 Å². The fourth-order valence-corrected chi connectivity index (χ4v) is 3.38. The zero-order valence-electron chi connectivity index (χ0n) is 10.1. The number of hydrogen-bond donors (Lipinski definition) is 1. The Kier molecular flexibility index (Phi) is 3.49. The fraction of sp³-hybridized carbons (Fsp3) is 0.462. The van der Waals surface area contributed by atoms with Crippen LogP contribution in [0, 0.1) is 11.3 Å². The summed E-state index contributed by atoms with van der Waals surface area (Å²) >= 11 is 1.84. The van der Waals surface area contributed by atoms with Gasteiger partial charge in [-0.1, -0.05) is 12.1 Å². The number of methoxy groups -OCH3 is 1. The molecule has 1 heterocycles. The second-order valence-corrected chi connectivity index (χ2v) is 5.62. The van der Waals surface area contributed by atoms with E-state index < -0.39 is 5.54 Å². The highest BCUT2D eigenvalue weighted by Gasteiger charge is 2.41. The number of para-hydroxylation sites is 2. The van der Waals surface area contributed by atoms with Gasteiger partial charge in [-0.15, -0.1) is 0 Å². The minimum absolute atomic E-state index is 0.289. The van der Waals surface area contributed by atoms with Crippen molar-refractivity contribution in [3.8, 4) is 11.8 Å². The number of nitrogens with zero attached hydrogens (tertiary/aromatic N) is 1. The number of rotatable bonds is 3. The Morgan fingerprint density at radius 1 is 1.53 bits per heavy atom. The van der Waals surface area contributed by atoms with Crippen LogP contribution in [0.25, 0.3) is 0 Å². The zero-order valence-corrected chi connectivity index (χ0v) is 10.9. The molecule has 90 valence electrons. The lowest BCUT2D eigenvalue weighted by Gasteiger charge is -2.28. The molecule has 1 saturated heterocycles. The molecular formula is C13H16N2OS. The van der Waals surface area contributed by atoms with Crippen molar-refractivity contribution in [2.45, 2.75) is 24.1 Å². The first-order valence-corrected chi connectivity index (χ1v) is 6.71. The third-order valence-corrected chi connectivity index (χ3v) is 4.56. The van der Waals surface area contributed by atoms with Gasteiger partial charge in [-0.3, -0.25) is 0 Å². The Balaban J connectivity index is 2.28. The lowest BCUT2D eigenvalue weighted by Crippen LogP contribution is -2.41. The maximum atomic E-state index is 9.45. The van der Waals surface area contributed by atoms with Crippen molar-refractivity contribution in [2.24, 2.45) is 0 Å². The Labute approximate surface area is 106 Å². The lowest BCUT2D eigenvalue weighted by atomic mass is 9.94. The minimum atomic E-state index is -0.473. The Morgan fingerprint density at radius 2 is 2.29 bits per heavy atom. The Bertz CT molecular complexity index is 443. The topological polar surface area (TPSA) is 45.0 Å². The zero-order chi connectivity index (χ0) is 12.3. The fourth-order valence-electron chi connectivity index (χ4n) is 2.07. The van der Waals surface area contributed by atoms with Crippen molar-refractivity contribution in [1.29, 1.82) is 5.26 Å². The van der Waals surface area contributed by atoms with E-state index in [1.54, 1.807) is 7.11 Å². The van der Waals surface area contributed by atoms with Gasteiger partial charge in [0.05, 0.1) is 18.9 Å². The monoisotopic (exact) mass is 248 g/mol. The molecule has 17 heavy (non-hydrogen) atoms.